The lowest BCUT2D eigenvalue weighted by Gasteiger charge is -2.26. The zero-order valence-corrected chi connectivity index (χ0v) is 23.1. The molecule has 5 rings (SSSR count). The predicted octanol–water partition coefficient (Wildman–Crippen LogP) is 8.73. The summed E-state index contributed by atoms with van der Waals surface area (Å²) in [6, 6.07) is 36.0. The van der Waals surface area contributed by atoms with E-state index in [0.717, 1.165) is 22.3 Å². The van der Waals surface area contributed by atoms with Gasteiger partial charge in [-0.15, -0.1) is 0 Å². The summed E-state index contributed by atoms with van der Waals surface area (Å²) in [5, 5.41) is 19.2. The number of ether oxygens (including phenoxy) is 2. The SMILES string of the molecule is CC(C)(c1ccc(O)cc1)c1ccc(Oc2cccc(Oc3ccc(C(C)(C)c4ccc(O)cc4)cc3)n2)cc1. The minimum Gasteiger partial charge on any atom is -0.508 e. The molecule has 5 nitrogen and oxygen atoms in total. The molecule has 0 spiro atoms. The molecule has 4 aromatic carbocycles. The number of hydrogen-bond donors (Lipinski definition) is 2. The molecule has 5 heteroatoms. The first kappa shape index (κ1) is 26.8. The predicted molar refractivity (Wildman–Crippen MR) is 158 cm³/mol. The Kier molecular flexibility index (Phi) is 7.22. The summed E-state index contributed by atoms with van der Waals surface area (Å²) in [6.45, 7) is 8.61. The van der Waals surface area contributed by atoms with Gasteiger partial charge in [0.1, 0.15) is 23.0 Å². The molecule has 0 saturated heterocycles. The highest BCUT2D eigenvalue weighted by Gasteiger charge is 2.24. The number of benzene rings is 4. The van der Waals surface area contributed by atoms with Gasteiger partial charge in [0.25, 0.3) is 0 Å². The first-order chi connectivity index (χ1) is 19.1. The van der Waals surface area contributed by atoms with E-state index in [1.165, 1.54) is 0 Å². The van der Waals surface area contributed by atoms with Crippen LogP contribution in [0.2, 0.25) is 0 Å². The van der Waals surface area contributed by atoms with Crippen molar-refractivity contribution in [2.75, 3.05) is 0 Å². The largest absolute Gasteiger partial charge is 0.508 e. The third kappa shape index (κ3) is 5.79. The van der Waals surface area contributed by atoms with E-state index in [2.05, 4.69) is 32.7 Å². The minimum atomic E-state index is -0.229. The Labute approximate surface area is 235 Å². The topological polar surface area (TPSA) is 71.8 Å². The van der Waals surface area contributed by atoms with Gasteiger partial charge in [0.05, 0.1) is 0 Å². The van der Waals surface area contributed by atoms with Crippen molar-refractivity contribution in [2.45, 2.75) is 38.5 Å². The average molecular weight is 532 g/mol. The molecule has 0 bridgehead atoms. The van der Waals surface area contributed by atoms with Gasteiger partial charge in [-0.2, -0.15) is 4.98 Å². The second-order valence-electron chi connectivity index (χ2n) is 10.9. The van der Waals surface area contributed by atoms with E-state index in [-0.39, 0.29) is 22.3 Å². The Balaban J connectivity index is 1.26. The van der Waals surface area contributed by atoms with Gasteiger partial charge in [-0.1, -0.05) is 82.3 Å². The van der Waals surface area contributed by atoms with E-state index in [1.54, 1.807) is 36.4 Å². The minimum absolute atomic E-state index is 0.229. The van der Waals surface area contributed by atoms with Crippen LogP contribution in [0.25, 0.3) is 0 Å². The molecule has 1 heterocycles. The maximum Gasteiger partial charge on any atom is 0.222 e. The third-order valence-electron chi connectivity index (χ3n) is 7.47. The van der Waals surface area contributed by atoms with Crippen molar-refractivity contribution in [1.29, 1.82) is 0 Å². The fourth-order valence-corrected chi connectivity index (χ4v) is 4.72. The molecule has 0 aliphatic heterocycles. The molecular formula is C35H33NO4. The first-order valence-electron chi connectivity index (χ1n) is 13.2. The summed E-state index contributed by atoms with van der Waals surface area (Å²) in [5.74, 6) is 2.75. The summed E-state index contributed by atoms with van der Waals surface area (Å²) in [6.07, 6.45) is 0. The van der Waals surface area contributed by atoms with Crippen LogP contribution in [0.15, 0.2) is 115 Å². The zero-order chi connectivity index (χ0) is 28.3. The van der Waals surface area contributed by atoms with Gasteiger partial charge in [-0.05, 0) is 70.8 Å². The number of pyridine rings is 1. The molecule has 0 aliphatic rings. The molecular weight excluding hydrogens is 498 g/mol. The number of rotatable bonds is 8. The molecule has 0 atom stereocenters. The summed E-state index contributed by atoms with van der Waals surface area (Å²) >= 11 is 0. The number of phenolic OH excluding ortho intramolecular Hbond substituents is 2. The average Bonchev–Trinajstić information content (AvgIpc) is 2.94. The smallest absolute Gasteiger partial charge is 0.222 e. The number of aromatic hydroxyl groups is 2. The van der Waals surface area contributed by atoms with E-state index < -0.39 is 0 Å². The van der Waals surface area contributed by atoms with Crippen molar-refractivity contribution in [3.8, 4) is 34.8 Å². The highest BCUT2D eigenvalue weighted by atomic mass is 16.5. The van der Waals surface area contributed by atoms with E-state index in [4.69, 9.17) is 9.47 Å². The van der Waals surface area contributed by atoms with Crippen molar-refractivity contribution in [1.82, 2.24) is 4.98 Å². The van der Waals surface area contributed by atoms with Crippen LogP contribution in [0.3, 0.4) is 0 Å². The number of hydrogen-bond acceptors (Lipinski definition) is 5. The lowest BCUT2D eigenvalue weighted by Crippen LogP contribution is -2.18. The maximum atomic E-state index is 9.62. The number of nitrogens with zero attached hydrogens (tertiary/aromatic N) is 1. The highest BCUT2D eigenvalue weighted by molar-refractivity contribution is 5.44. The van der Waals surface area contributed by atoms with Gasteiger partial charge in [-0.3, -0.25) is 0 Å². The lowest BCUT2D eigenvalue weighted by atomic mass is 9.78. The summed E-state index contributed by atoms with van der Waals surface area (Å²) in [4.78, 5) is 4.53. The molecule has 40 heavy (non-hydrogen) atoms. The highest BCUT2D eigenvalue weighted by Crippen LogP contribution is 2.35. The van der Waals surface area contributed by atoms with Gasteiger partial charge >= 0.3 is 0 Å². The fourth-order valence-electron chi connectivity index (χ4n) is 4.72. The summed E-state index contributed by atoms with van der Waals surface area (Å²) in [7, 11) is 0. The van der Waals surface area contributed by atoms with Crippen LogP contribution in [0, 0.1) is 0 Å². The molecule has 0 saturated carbocycles. The van der Waals surface area contributed by atoms with Crippen molar-refractivity contribution < 1.29 is 19.7 Å². The normalized spacial score (nSPS) is 11.7. The molecule has 0 fully saturated rings. The fraction of sp³-hybridized carbons (Fsp3) is 0.171. The Hall–Kier alpha value is -4.77. The second kappa shape index (κ2) is 10.8. The van der Waals surface area contributed by atoms with Crippen LogP contribution in [-0.4, -0.2) is 15.2 Å². The standard InChI is InChI=1S/C35H33NO4/c1-34(2,24-8-16-28(37)17-9-24)26-12-20-30(21-13-26)39-32-6-5-7-33(36-32)40-31-22-14-27(15-23-31)35(3,4)25-10-18-29(38)19-11-25/h5-23,37-38H,1-4H3. The van der Waals surface area contributed by atoms with Gasteiger partial charge in [0.15, 0.2) is 0 Å². The van der Waals surface area contributed by atoms with Gasteiger partial charge in [0.2, 0.25) is 11.8 Å². The van der Waals surface area contributed by atoms with Crippen LogP contribution in [0.4, 0.5) is 0 Å². The Morgan fingerprint density at radius 3 is 1.07 bits per heavy atom. The van der Waals surface area contributed by atoms with Crippen molar-refractivity contribution >= 4 is 0 Å². The monoisotopic (exact) mass is 531 g/mol. The van der Waals surface area contributed by atoms with Crippen molar-refractivity contribution in [3.05, 3.63) is 138 Å². The number of phenols is 2. The molecule has 202 valence electrons. The van der Waals surface area contributed by atoms with Crippen molar-refractivity contribution in [3.63, 3.8) is 0 Å². The van der Waals surface area contributed by atoms with Crippen LogP contribution in [-0.2, 0) is 10.8 Å². The molecule has 0 amide bonds. The van der Waals surface area contributed by atoms with E-state index in [0.29, 0.717) is 23.3 Å². The molecule has 1 aromatic heterocycles. The van der Waals surface area contributed by atoms with Gasteiger partial charge in [0, 0.05) is 23.0 Å². The van der Waals surface area contributed by atoms with Crippen LogP contribution < -0.4 is 9.47 Å². The van der Waals surface area contributed by atoms with Crippen molar-refractivity contribution in [2.24, 2.45) is 0 Å². The Morgan fingerprint density at radius 2 is 0.750 bits per heavy atom. The van der Waals surface area contributed by atoms with Gasteiger partial charge in [-0.25, -0.2) is 0 Å². The Morgan fingerprint density at radius 1 is 0.450 bits per heavy atom. The van der Waals surface area contributed by atoms with Crippen LogP contribution in [0.5, 0.6) is 34.8 Å². The molecule has 2 N–H and O–H groups in total. The number of aromatic nitrogens is 1. The molecule has 0 radical (unpaired) electrons. The summed E-state index contributed by atoms with van der Waals surface area (Å²) < 4.78 is 12.1. The Bertz CT molecular complexity index is 1450. The first-order valence-corrected chi connectivity index (χ1v) is 13.2. The van der Waals surface area contributed by atoms with Crippen LogP contribution >= 0.6 is 0 Å². The zero-order valence-electron chi connectivity index (χ0n) is 23.1. The summed E-state index contributed by atoms with van der Waals surface area (Å²) in [5.41, 5.74) is 4.03. The van der Waals surface area contributed by atoms with E-state index >= 15 is 0 Å². The van der Waals surface area contributed by atoms with Gasteiger partial charge < -0.3 is 19.7 Å². The quantitative estimate of drug-likeness (QED) is 0.209. The van der Waals surface area contributed by atoms with E-state index in [9.17, 15) is 10.2 Å². The third-order valence-corrected chi connectivity index (χ3v) is 7.47. The van der Waals surface area contributed by atoms with E-state index in [1.807, 2.05) is 78.9 Å². The molecule has 5 aromatic rings. The maximum absolute atomic E-state index is 9.62. The lowest BCUT2D eigenvalue weighted by molar-refractivity contribution is 0.426. The molecule has 0 unspecified atom stereocenters. The van der Waals surface area contributed by atoms with Crippen LogP contribution in [0.1, 0.15) is 49.9 Å². The second-order valence-corrected chi connectivity index (χ2v) is 10.9. The molecule has 0 aliphatic carbocycles.